The molecule has 4 heterocycles. The van der Waals surface area contributed by atoms with Gasteiger partial charge in [0.25, 0.3) is 23.3 Å². The Kier molecular flexibility index (Phi) is 11.6. The lowest BCUT2D eigenvalue weighted by Gasteiger charge is -2.63. The molecule has 2 aliphatic carbocycles. The smallest absolute Gasteiger partial charge is 0.278 e. The number of fused-ring (bicyclic) bond motifs is 1. The van der Waals surface area contributed by atoms with Gasteiger partial charge in [0.15, 0.2) is 6.61 Å². The van der Waals surface area contributed by atoms with Gasteiger partial charge in [0.05, 0.1) is 16.0 Å². The van der Waals surface area contributed by atoms with E-state index in [9.17, 15) is 29.2 Å². The first kappa shape index (κ1) is 44.2. The van der Waals surface area contributed by atoms with Gasteiger partial charge in [-0.1, -0.05) is 44.5 Å². The van der Waals surface area contributed by atoms with Crippen LogP contribution in [0.4, 0.5) is 5.69 Å². The van der Waals surface area contributed by atoms with Crippen LogP contribution in [-0.2, 0) is 14.4 Å². The number of ether oxygens (including phenoxy) is 2. The second-order valence-corrected chi connectivity index (χ2v) is 20.0. The van der Waals surface area contributed by atoms with E-state index in [0.29, 0.717) is 52.3 Å². The molecule has 5 fully saturated rings. The number of likely N-dealkylation sites (tertiary alicyclic amines) is 1. The third-order valence-corrected chi connectivity index (χ3v) is 15.1. The second kappa shape index (κ2) is 17.1. The Morgan fingerprint density at radius 1 is 0.908 bits per heavy atom. The molecule has 4 aromatic rings. The summed E-state index contributed by atoms with van der Waals surface area (Å²) in [4.78, 5) is 70.9. The molecule has 0 radical (unpaired) electrons. The summed E-state index contributed by atoms with van der Waals surface area (Å²) >= 11 is 6.26. The van der Waals surface area contributed by atoms with Crippen LogP contribution in [0.2, 0.25) is 5.02 Å². The average Bonchev–Trinajstić information content (AvgIpc) is 3.29. The molecule has 16 nitrogen and oxygen atoms in total. The molecule has 2 N–H and O–H groups in total. The fourth-order valence-corrected chi connectivity index (χ4v) is 11.5. The quantitative estimate of drug-likeness (QED) is 0.206. The first-order chi connectivity index (χ1) is 31.0. The number of piperazine rings is 1. The van der Waals surface area contributed by atoms with E-state index in [0.717, 1.165) is 62.2 Å². The van der Waals surface area contributed by atoms with Crippen LogP contribution < -0.4 is 30.6 Å². The Hall–Kier alpha value is -6.05. The number of carbonyl (C=O) groups excluding carboxylic acids is 4. The molecule has 1 unspecified atom stereocenters. The van der Waals surface area contributed by atoms with Gasteiger partial charge >= 0.3 is 0 Å². The number of rotatable bonds is 10. The van der Waals surface area contributed by atoms with Gasteiger partial charge in [0, 0.05) is 85.9 Å². The van der Waals surface area contributed by atoms with Crippen LogP contribution in [-0.4, -0.2) is 112 Å². The zero-order valence-corrected chi connectivity index (χ0v) is 37.9. The Morgan fingerprint density at radius 2 is 1.60 bits per heavy atom. The summed E-state index contributed by atoms with van der Waals surface area (Å²) in [6.07, 6.45) is 4.27. The predicted octanol–water partition coefficient (Wildman–Crippen LogP) is 4.88. The lowest BCUT2D eigenvalue weighted by Crippen LogP contribution is -2.74. The van der Waals surface area contributed by atoms with E-state index in [2.05, 4.69) is 64.5 Å². The van der Waals surface area contributed by atoms with Gasteiger partial charge in [-0.25, -0.2) is 0 Å². The van der Waals surface area contributed by atoms with Crippen molar-refractivity contribution in [2.45, 2.75) is 90.4 Å². The van der Waals surface area contributed by atoms with Crippen LogP contribution in [0.25, 0.3) is 10.9 Å². The van der Waals surface area contributed by atoms with Crippen molar-refractivity contribution in [3.8, 4) is 17.6 Å². The molecule has 3 saturated heterocycles. The van der Waals surface area contributed by atoms with Gasteiger partial charge in [-0.05, 0) is 92.1 Å². The number of halogens is 1. The summed E-state index contributed by atoms with van der Waals surface area (Å²) in [5, 5.41) is 23.3. The van der Waals surface area contributed by atoms with Crippen molar-refractivity contribution in [1.82, 2.24) is 35.4 Å². The van der Waals surface area contributed by atoms with Crippen LogP contribution in [0.1, 0.15) is 88.2 Å². The molecule has 1 aromatic heterocycles. The number of nitrogens with zero attached hydrogens (tertiary/aromatic N) is 7. The third-order valence-electron chi connectivity index (χ3n) is 14.8. The van der Waals surface area contributed by atoms with Gasteiger partial charge in [0.2, 0.25) is 5.91 Å². The molecule has 4 amide bonds. The number of anilines is 1. The number of nitriles is 1. The minimum absolute atomic E-state index is 0.104. The van der Waals surface area contributed by atoms with Crippen molar-refractivity contribution in [2.75, 3.05) is 50.8 Å². The van der Waals surface area contributed by atoms with Crippen LogP contribution >= 0.6 is 11.6 Å². The van der Waals surface area contributed by atoms with E-state index in [-0.39, 0.29) is 70.9 Å². The molecule has 340 valence electrons. The molecule has 5 aliphatic rings. The molecule has 65 heavy (non-hydrogen) atoms. The Balaban J connectivity index is 0.705. The molecular weight excluding hydrogens is 850 g/mol. The number of piperidine rings is 2. The summed E-state index contributed by atoms with van der Waals surface area (Å²) in [5.74, 6) is -0.258. The zero-order valence-electron chi connectivity index (χ0n) is 37.1. The second-order valence-electron chi connectivity index (χ2n) is 19.6. The molecule has 17 heteroatoms. The maximum atomic E-state index is 13.5. The first-order valence-corrected chi connectivity index (χ1v) is 22.8. The van der Waals surface area contributed by atoms with Crippen LogP contribution in [0.5, 0.6) is 11.5 Å². The highest BCUT2D eigenvalue weighted by atomic mass is 35.5. The van der Waals surface area contributed by atoms with Gasteiger partial charge in [-0.3, -0.25) is 34.2 Å². The summed E-state index contributed by atoms with van der Waals surface area (Å²) in [6.45, 7) is 13.4. The minimum atomic E-state index is -0.928. The minimum Gasteiger partial charge on any atom is -0.489 e. The highest BCUT2D eigenvalue weighted by molar-refractivity contribution is 6.31. The Labute approximate surface area is 382 Å². The summed E-state index contributed by atoms with van der Waals surface area (Å²) in [7, 11) is 0. The van der Waals surface area contributed by atoms with Crippen molar-refractivity contribution >= 4 is 51.8 Å². The number of benzene rings is 3. The van der Waals surface area contributed by atoms with Crippen molar-refractivity contribution in [2.24, 2.45) is 16.2 Å². The molecule has 9 rings (SSSR count). The maximum Gasteiger partial charge on any atom is 0.278 e. The summed E-state index contributed by atoms with van der Waals surface area (Å²) in [6, 6.07) is 19.3. The van der Waals surface area contributed by atoms with Crippen LogP contribution in [0, 0.1) is 27.6 Å². The molecule has 2 saturated carbocycles. The Morgan fingerprint density at radius 3 is 2.26 bits per heavy atom. The van der Waals surface area contributed by atoms with E-state index < -0.39 is 17.5 Å². The summed E-state index contributed by atoms with van der Waals surface area (Å²) < 4.78 is 13.2. The number of hydrogen-bond donors (Lipinski definition) is 2. The predicted molar refractivity (Wildman–Crippen MR) is 242 cm³/mol. The van der Waals surface area contributed by atoms with E-state index in [1.54, 1.807) is 30.3 Å². The molecule has 1 spiro atoms. The van der Waals surface area contributed by atoms with Crippen molar-refractivity contribution in [1.29, 1.82) is 5.26 Å². The molecular formula is C48H54ClN9O7. The lowest BCUT2D eigenvalue weighted by molar-refractivity contribution is -0.164. The number of carbonyl (C=O) groups is 4. The number of imide groups is 1. The molecule has 1 atom stereocenters. The summed E-state index contributed by atoms with van der Waals surface area (Å²) in [5.41, 5.74) is 1.48. The van der Waals surface area contributed by atoms with E-state index >= 15 is 0 Å². The number of aromatic nitrogens is 3. The van der Waals surface area contributed by atoms with E-state index in [1.807, 2.05) is 29.2 Å². The number of nitrogens with one attached hydrogen (secondary N) is 2. The van der Waals surface area contributed by atoms with E-state index in [4.69, 9.17) is 21.1 Å². The molecule has 3 aromatic carbocycles. The third kappa shape index (κ3) is 8.40. The fourth-order valence-electron chi connectivity index (χ4n) is 11.3. The highest BCUT2D eigenvalue weighted by Gasteiger charge is 2.64. The number of amides is 4. The van der Waals surface area contributed by atoms with Gasteiger partial charge < -0.3 is 24.6 Å². The first-order valence-electron chi connectivity index (χ1n) is 22.4. The topological polar surface area (TPSA) is 192 Å². The Bertz CT molecular complexity index is 2620. The lowest BCUT2D eigenvalue weighted by atomic mass is 9.49. The van der Waals surface area contributed by atoms with Gasteiger partial charge in [-0.2, -0.15) is 9.94 Å². The molecule has 0 bridgehead atoms. The standard InChI is InChI=1S/C48H54ClN9O7/c1-46(2)44(47(3,4)45(46)65-34-10-7-30(27-50)36(49)24-34)52-41(61)29-5-8-31(9-6-29)55-19-21-56(22-20-55)32-25-48(26-32)15-17-57(18-16-48)40(60)28-64-33-11-12-37-35(23-33)43(63)58(54-53-37)38-13-14-39(59)51-42(38)62/h5-12,23-24,32,38,44-45H,13-22,25-26,28H2,1-4H3,(H,52,61)(H,51,59,62). The highest BCUT2D eigenvalue weighted by Crippen LogP contribution is 2.56. The SMILES string of the molecule is CC1(C)C(NC(=O)c2ccc(N3CCN(C4CC5(CCN(C(=O)COc6ccc7nnn(C8CCC(=O)NC8=O)c(=O)c7c6)CC5)C4)CC3)cc2)C(C)(C)C1Oc1ccc(C#N)c(Cl)c1. The number of hydrogen-bond acceptors (Lipinski definition) is 12. The van der Waals surface area contributed by atoms with Crippen LogP contribution in [0.3, 0.4) is 0 Å². The normalized spacial score (nSPS) is 23.8. The van der Waals surface area contributed by atoms with Crippen molar-refractivity contribution < 1.29 is 28.7 Å². The van der Waals surface area contributed by atoms with Gasteiger partial charge in [0.1, 0.15) is 35.2 Å². The average molecular weight is 904 g/mol. The van der Waals surface area contributed by atoms with Crippen molar-refractivity contribution in [3.05, 3.63) is 87.2 Å². The van der Waals surface area contributed by atoms with Crippen molar-refractivity contribution in [3.63, 3.8) is 0 Å². The zero-order chi connectivity index (χ0) is 45.8. The molecule has 3 aliphatic heterocycles. The van der Waals surface area contributed by atoms with E-state index in [1.165, 1.54) is 6.07 Å². The fraction of sp³-hybridized carbons (Fsp3) is 0.500. The van der Waals surface area contributed by atoms with Gasteiger partial charge in [-0.15, -0.1) is 5.10 Å². The largest absolute Gasteiger partial charge is 0.489 e. The maximum absolute atomic E-state index is 13.5. The van der Waals surface area contributed by atoms with Crippen LogP contribution in [0.15, 0.2) is 65.5 Å². The monoisotopic (exact) mass is 903 g/mol.